The number of thiophene rings is 1. The van der Waals surface area contributed by atoms with Crippen molar-refractivity contribution in [2.75, 3.05) is 5.73 Å². The number of aromatic nitrogens is 1. The van der Waals surface area contributed by atoms with Crippen molar-refractivity contribution >= 4 is 27.8 Å². The van der Waals surface area contributed by atoms with Gasteiger partial charge in [-0.15, -0.1) is 11.3 Å². The van der Waals surface area contributed by atoms with Crippen LogP contribution in [-0.4, -0.2) is 0 Å². The molecule has 0 amide bonds. The number of nitrogens with one attached hydrogen (secondary N) is 1. The predicted octanol–water partition coefficient (Wildman–Crippen LogP) is 1.87. The zero-order chi connectivity index (χ0) is 7.68. The summed E-state index contributed by atoms with van der Waals surface area (Å²) in [6, 6.07) is 4.10. The molecular weight excluding hydrogens is 176 g/mol. The van der Waals surface area contributed by atoms with Crippen LogP contribution < -0.4 is 10.7 Å². The molecule has 2 nitrogen and oxygen atoms in total. The first-order valence-corrected chi connectivity index (χ1v) is 4.92. The van der Waals surface area contributed by atoms with E-state index in [2.05, 4.69) is 16.4 Å². The topological polar surface area (TPSA) is 40.2 Å². The molecule has 2 aromatic rings. The van der Waals surface area contributed by atoms with E-state index in [1.54, 1.807) is 11.3 Å². The first kappa shape index (κ1) is 6.82. The van der Waals surface area contributed by atoms with Gasteiger partial charge >= 0.3 is 5.13 Å². The minimum atomic E-state index is 0.758. The Balaban J connectivity index is 2.45. The Hall–Kier alpha value is -0.870. The van der Waals surface area contributed by atoms with Crippen LogP contribution in [0.1, 0.15) is 0 Å². The SMILES string of the molecule is Nc1[nH+]c(-c2cccs2)cs1. The van der Waals surface area contributed by atoms with Crippen LogP contribution in [0.3, 0.4) is 0 Å². The maximum Gasteiger partial charge on any atom is 0.329 e. The van der Waals surface area contributed by atoms with Crippen LogP contribution in [-0.2, 0) is 0 Å². The second kappa shape index (κ2) is 2.64. The molecule has 0 bridgehead atoms. The lowest BCUT2D eigenvalue weighted by Gasteiger charge is -1.81. The zero-order valence-electron chi connectivity index (χ0n) is 5.70. The van der Waals surface area contributed by atoms with E-state index >= 15 is 0 Å². The lowest BCUT2D eigenvalue weighted by Crippen LogP contribution is -2.05. The van der Waals surface area contributed by atoms with Gasteiger partial charge in [-0.2, -0.15) is 0 Å². The lowest BCUT2D eigenvalue weighted by molar-refractivity contribution is -0.340. The first-order chi connectivity index (χ1) is 5.36. The summed E-state index contributed by atoms with van der Waals surface area (Å²) >= 11 is 3.24. The van der Waals surface area contributed by atoms with Gasteiger partial charge in [-0.25, -0.2) is 4.98 Å². The molecule has 0 radical (unpaired) electrons. The van der Waals surface area contributed by atoms with Crippen LogP contribution in [0.5, 0.6) is 0 Å². The van der Waals surface area contributed by atoms with Crippen LogP contribution in [0.4, 0.5) is 5.13 Å². The molecule has 0 aliphatic heterocycles. The highest BCUT2D eigenvalue weighted by atomic mass is 32.1. The van der Waals surface area contributed by atoms with E-state index in [1.807, 2.05) is 11.4 Å². The molecular formula is C7H7N2S2+. The molecule has 56 valence electrons. The molecule has 0 fully saturated rings. The fraction of sp³-hybridized carbons (Fsp3) is 0. The second-order valence-electron chi connectivity index (χ2n) is 2.12. The molecule has 2 aromatic heterocycles. The number of anilines is 1. The number of thiazole rings is 1. The molecule has 0 aromatic carbocycles. The van der Waals surface area contributed by atoms with Crippen molar-refractivity contribution in [1.82, 2.24) is 0 Å². The summed E-state index contributed by atoms with van der Waals surface area (Å²) in [7, 11) is 0. The quantitative estimate of drug-likeness (QED) is 0.720. The van der Waals surface area contributed by atoms with Gasteiger partial charge < -0.3 is 0 Å². The molecule has 11 heavy (non-hydrogen) atoms. The van der Waals surface area contributed by atoms with Gasteiger partial charge in [0.25, 0.3) is 0 Å². The number of hydrogen-bond donors (Lipinski definition) is 1. The summed E-state index contributed by atoms with van der Waals surface area (Å²) in [5.41, 5.74) is 6.67. The van der Waals surface area contributed by atoms with Gasteiger partial charge in [-0.3, -0.25) is 5.73 Å². The average Bonchev–Trinajstić information content (AvgIpc) is 2.55. The number of rotatable bonds is 1. The molecule has 2 heterocycles. The smallest absolute Gasteiger partial charge is 0.278 e. The highest BCUT2D eigenvalue weighted by Gasteiger charge is 2.05. The summed E-state index contributed by atoms with van der Waals surface area (Å²) in [4.78, 5) is 4.32. The Labute approximate surface area is 72.3 Å². The summed E-state index contributed by atoms with van der Waals surface area (Å²) in [5, 5.41) is 4.84. The number of hydrogen-bond acceptors (Lipinski definition) is 3. The van der Waals surface area contributed by atoms with Gasteiger partial charge in [0.05, 0.1) is 4.88 Å². The Kier molecular flexibility index (Phi) is 1.63. The van der Waals surface area contributed by atoms with Crippen LogP contribution >= 0.6 is 22.7 Å². The maximum absolute atomic E-state index is 5.55. The van der Waals surface area contributed by atoms with Crippen molar-refractivity contribution in [2.45, 2.75) is 0 Å². The minimum Gasteiger partial charge on any atom is -0.278 e. The first-order valence-electron chi connectivity index (χ1n) is 3.16. The van der Waals surface area contributed by atoms with E-state index in [4.69, 9.17) is 5.73 Å². The summed E-state index contributed by atoms with van der Waals surface area (Å²) in [5.74, 6) is 0. The number of aromatic amines is 1. The monoisotopic (exact) mass is 183 g/mol. The van der Waals surface area contributed by atoms with Crippen molar-refractivity contribution < 1.29 is 4.98 Å². The Morgan fingerprint density at radius 2 is 2.27 bits per heavy atom. The maximum atomic E-state index is 5.55. The average molecular weight is 183 g/mol. The molecule has 0 spiro atoms. The van der Waals surface area contributed by atoms with Crippen molar-refractivity contribution in [3.63, 3.8) is 0 Å². The number of nitrogen functional groups attached to an aromatic ring is 1. The van der Waals surface area contributed by atoms with E-state index in [-0.39, 0.29) is 0 Å². The number of nitrogens with two attached hydrogens (primary N) is 1. The van der Waals surface area contributed by atoms with Crippen LogP contribution in [0.15, 0.2) is 22.9 Å². The fourth-order valence-electron chi connectivity index (χ4n) is 0.866. The van der Waals surface area contributed by atoms with E-state index < -0.39 is 0 Å². The summed E-state index contributed by atoms with van der Waals surface area (Å²) in [6.45, 7) is 0. The largest absolute Gasteiger partial charge is 0.329 e. The van der Waals surface area contributed by atoms with E-state index in [9.17, 15) is 0 Å². The van der Waals surface area contributed by atoms with Crippen molar-refractivity contribution in [2.24, 2.45) is 0 Å². The molecule has 0 aliphatic rings. The van der Waals surface area contributed by atoms with Crippen LogP contribution in [0, 0.1) is 0 Å². The molecule has 0 unspecified atom stereocenters. The van der Waals surface area contributed by atoms with Crippen molar-refractivity contribution in [3.8, 4) is 10.6 Å². The molecule has 2 rings (SSSR count). The van der Waals surface area contributed by atoms with Crippen molar-refractivity contribution in [1.29, 1.82) is 0 Å². The molecule has 0 saturated carbocycles. The third-order valence-electron chi connectivity index (χ3n) is 1.35. The molecule has 0 saturated heterocycles. The van der Waals surface area contributed by atoms with Gasteiger partial charge in [0.15, 0.2) is 5.69 Å². The third-order valence-corrected chi connectivity index (χ3v) is 2.96. The molecule has 3 N–H and O–H groups in total. The highest BCUT2D eigenvalue weighted by molar-refractivity contribution is 7.15. The van der Waals surface area contributed by atoms with E-state index in [0.717, 1.165) is 10.8 Å². The molecule has 4 heteroatoms. The van der Waals surface area contributed by atoms with Gasteiger partial charge in [-0.1, -0.05) is 17.4 Å². The Morgan fingerprint density at radius 1 is 1.36 bits per heavy atom. The summed E-state index contributed by atoms with van der Waals surface area (Å²) < 4.78 is 0. The van der Waals surface area contributed by atoms with Crippen LogP contribution in [0.25, 0.3) is 10.6 Å². The normalized spacial score (nSPS) is 10.2. The predicted molar refractivity (Wildman–Crippen MR) is 48.6 cm³/mol. The highest BCUT2D eigenvalue weighted by Crippen LogP contribution is 2.23. The van der Waals surface area contributed by atoms with Gasteiger partial charge in [0, 0.05) is 5.38 Å². The van der Waals surface area contributed by atoms with Gasteiger partial charge in [0.2, 0.25) is 0 Å². The fourth-order valence-corrected chi connectivity index (χ4v) is 2.24. The molecule has 0 aliphatic carbocycles. The number of H-pyrrole nitrogens is 1. The van der Waals surface area contributed by atoms with Crippen molar-refractivity contribution in [3.05, 3.63) is 22.9 Å². The third kappa shape index (κ3) is 1.27. The summed E-state index contributed by atoms with van der Waals surface area (Å²) in [6.07, 6.45) is 0. The van der Waals surface area contributed by atoms with E-state index in [1.165, 1.54) is 16.2 Å². The second-order valence-corrected chi connectivity index (χ2v) is 3.97. The zero-order valence-corrected chi connectivity index (χ0v) is 7.34. The van der Waals surface area contributed by atoms with Gasteiger partial charge in [0.1, 0.15) is 0 Å². The minimum absolute atomic E-state index is 0.758. The lowest BCUT2D eigenvalue weighted by atomic mass is 10.4. The standard InChI is InChI=1S/C7H6N2S2/c8-7-9-5(4-11-7)6-2-1-3-10-6/h1-4H,(H2,8,9)/p+1. The van der Waals surface area contributed by atoms with Crippen LogP contribution in [0.2, 0.25) is 0 Å². The Bertz CT molecular complexity index is 337. The molecule has 0 atom stereocenters. The van der Waals surface area contributed by atoms with E-state index in [0.29, 0.717) is 0 Å². The Morgan fingerprint density at radius 3 is 2.82 bits per heavy atom. The van der Waals surface area contributed by atoms with Gasteiger partial charge in [-0.05, 0) is 11.4 Å².